The first kappa shape index (κ1) is 28.7. The standard InChI is InChI=1S/C30H26F3N3O6/c1-17-11-21(18(2)35-40-15-19-12-22(29(37)38)14-34-13-19)9-10-25(17)39-16-24-27(36-42-28(24)20-7-8-20)23-5-3-4-6-26(23)41-30(31,32)33/h3-6,9-14,20H,7-8,15-16H2,1-2H3,(H,37,38)/b35-18+. The Bertz CT molecular complexity index is 1630. The molecule has 0 atom stereocenters. The van der Waals surface area contributed by atoms with E-state index in [0.717, 1.165) is 24.0 Å². The van der Waals surface area contributed by atoms with Crippen molar-refractivity contribution in [1.29, 1.82) is 0 Å². The van der Waals surface area contributed by atoms with Crippen LogP contribution in [0.15, 0.2) is 70.6 Å². The number of aryl methyl sites for hydroxylation is 1. The quantitative estimate of drug-likeness (QED) is 0.148. The predicted molar refractivity (Wildman–Crippen MR) is 144 cm³/mol. The molecule has 218 valence electrons. The number of para-hydroxylation sites is 1. The number of carboxylic acids is 1. The highest BCUT2D eigenvalue weighted by atomic mass is 19.4. The highest BCUT2D eigenvalue weighted by Gasteiger charge is 2.36. The van der Waals surface area contributed by atoms with E-state index in [1.165, 1.54) is 36.7 Å². The third-order valence-corrected chi connectivity index (χ3v) is 6.57. The van der Waals surface area contributed by atoms with E-state index in [9.17, 15) is 18.0 Å². The average Bonchev–Trinajstić information content (AvgIpc) is 3.71. The van der Waals surface area contributed by atoms with E-state index in [1.807, 2.05) is 13.0 Å². The summed E-state index contributed by atoms with van der Waals surface area (Å²) < 4.78 is 55.1. The van der Waals surface area contributed by atoms with E-state index in [4.69, 9.17) is 19.2 Å². The number of nitrogens with zero attached hydrogens (tertiary/aromatic N) is 3. The summed E-state index contributed by atoms with van der Waals surface area (Å²) in [5, 5.41) is 17.3. The van der Waals surface area contributed by atoms with Gasteiger partial charge in [0.2, 0.25) is 0 Å². The van der Waals surface area contributed by atoms with E-state index in [-0.39, 0.29) is 41.7 Å². The minimum Gasteiger partial charge on any atom is -0.488 e. The van der Waals surface area contributed by atoms with Gasteiger partial charge in [-0.1, -0.05) is 22.4 Å². The number of carbonyl (C=O) groups is 1. The van der Waals surface area contributed by atoms with Crippen LogP contribution in [0.2, 0.25) is 0 Å². The van der Waals surface area contributed by atoms with Crippen molar-refractivity contribution in [2.24, 2.45) is 5.16 Å². The maximum atomic E-state index is 13.0. The second-order valence-corrected chi connectivity index (χ2v) is 9.80. The molecule has 1 saturated carbocycles. The third-order valence-electron chi connectivity index (χ3n) is 6.57. The van der Waals surface area contributed by atoms with Gasteiger partial charge in [-0.05, 0) is 74.2 Å². The molecule has 2 heterocycles. The van der Waals surface area contributed by atoms with Gasteiger partial charge in [0, 0.05) is 29.4 Å². The lowest BCUT2D eigenvalue weighted by Crippen LogP contribution is -2.17. The molecule has 12 heteroatoms. The lowest BCUT2D eigenvalue weighted by molar-refractivity contribution is -0.274. The van der Waals surface area contributed by atoms with Gasteiger partial charge in [0.25, 0.3) is 0 Å². The molecule has 1 aliphatic carbocycles. The van der Waals surface area contributed by atoms with Crippen molar-refractivity contribution in [2.45, 2.75) is 52.2 Å². The van der Waals surface area contributed by atoms with Crippen LogP contribution in [0.4, 0.5) is 13.2 Å². The van der Waals surface area contributed by atoms with Crippen molar-refractivity contribution in [1.82, 2.24) is 10.1 Å². The predicted octanol–water partition coefficient (Wildman–Crippen LogP) is 7.04. The molecule has 9 nitrogen and oxygen atoms in total. The molecule has 1 aliphatic rings. The Morgan fingerprint density at radius 3 is 2.57 bits per heavy atom. The summed E-state index contributed by atoms with van der Waals surface area (Å²) in [6, 6.07) is 12.7. The van der Waals surface area contributed by atoms with E-state index in [0.29, 0.717) is 28.3 Å². The highest BCUT2D eigenvalue weighted by Crippen LogP contribution is 2.45. The molecule has 4 aromatic rings. The Kier molecular flexibility index (Phi) is 8.14. The normalized spacial score (nSPS) is 13.6. The lowest BCUT2D eigenvalue weighted by atomic mass is 10.0. The molecule has 0 spiro atoms. The number of rotatable bonds is 11. The lowest BCUT2D eigenvalue weighted by Gasteiger charge is -2.14. The summed E-state index contributed by atoms with van der Waals surface area (Å²) in [6.45, 7) is 3.71. The van der Waals surface area contributed by atoms with Gasteiger partial charge >= 0.3 is 12.3 Å². The van der Waals surface area contributed by atoms with E-state index < -0.39 is 12.3 Å². The third kappa shape index (κ3) is 6.88. The fourth-order valence-corrected chi connectivity index (χ4v) is 4.34. The molecule has 0 bridgehead atoms. The van der Waals surface area contributed by atoms with E-state index in [2.05, 4.69) is 20.0 Å². The zero-order valence-electron chi connectivity index (χ0n) is 22.6. The highest BCUT2D eigenvalue weighted by molar-refractivity contribution is 5.98. The fourth-order valence-electron chi connectivity index (χ4n) is 4.34. The fraction of sp³-hybridized carbons (Fsp3) is 0.267. The molecule has 0 saturated heterocycles. The maximum absolute atomic E-state index is 13.0. The van der Waals surface area contributed by atoms with Crippen LogP contribution in [-0.4, -0.2) is 33.3 Å². The Morgan fingerprint density at radius 2 is 1.86 bits per heavy atom. The number of benzene rings is 2. The number of hydrogen-bond donors (Lipinski definition) is 1. The largest absolute Gasteiger partial charge is 0.573 e. The van der Waals surface area contributed by atoms with Crippen LogP contribution in [0.25, 0.3) is 11.3 Å². The Morgan fingerprint density at radius 1 is 1.07 bits per heavy atom. The van der Waals surface area contributed by atoms with Gasteiger partial charge in [-0.2, -0.15) is 0 Å². The summed E-state index contributed by atoms with van der Waals surface area (Å²) in [4.78, 5) is 20.4. The summed E-state index contributed by atoms with van der Waals surface area (Å²) in [7, 11) is 0. The SMILES string of the molecule is C/C(=N\OCc1cncc(C(=O)O)c1)c1ccc(OCc2c(-c3ccccc3OC(F)(F)F)noc2C2CC2)c(C)c1. The van der Waals surface area contributed by atoms with Crippen molar-refractivity contribution < 1.29 is 41.9 Å². The number of hydrogen-bond acceptors (Lipinski definition) is 8. The van der Waals surface area contributed by atoms with Crippen molar-refractivity contribution in [3.05, 3.63) is 94.5 Å². The van der Waals surface area contributed by atoms with E-state index in [1.54, 1.807) is 25.1 Å². The summed E-state index contributed by atoms with van der Waals surface area (Å²) in [6.07, 6.45) is -0.296. The second kappa shape index (κ2) is 11.9. The number of pyridine rings is 1. The number of aromatic nitrogens is 2. The molecule has 42 heavy (non-hydrogen) atoms. The number of carboxylic acid groups (broad SMARTS) is 1. The van der Waals surface area contributed by atoms with Crippen LogP contribution in [0, 0.1) is 6.92 Å². The zero-order chi connectivity index (χ0) is 29.9. The van der Waals surface area contributed by atoms with Crippen molar-refractivity contribution >= 4 is 11.7 Å². The number of ether oxygens (including phenoxy) is 2. The Labute approximate surface area is 238 Å². The summed E-state index contributed by atoms with van der Waals surface area (Å²) >= 11 is 0. The first-order chi connectivity index (χ1) is 20.1. The Balaban J connectivity index is 1.30. The molecule has 0 aliphatic heterocycles. The van der Waals surface area contributed by atoms with Gasteiger partial charge < -0.3 is 23.9 Å². The summed E-state index contributed by atoms with van der Waals surface area (Å²) in [5.41, 5.74) is 3.77. The van der Waals surface area contributed by atoms with Gasteiger partial charge in [0.05, 0.1) is 16.8 Å². The van der Waals surface area contributed by atoms with Gasteiger partial charge in [-0.25, -0.2) is 4.79 Å². The number of oxime groups is 1. The molecule has 0 unspecified atom stereocenters. The smallest absolute Gasteiger partial charge is 0.488 e. The maximum Gasteiger partial charge on any atom is 0.573 e. The minimum atomic E-state index is -4.86. The van der Waals surface area contributed by atoms with Gasteiger partial charge in [-0.15, -0.1) is 13.2 Å². The first-order valence-corrected chi connectivity index (χ1v) is 13.0. The monoisotopic (exact) mass is 581 g/mol. The zero-order valence-corrected chi connectivity index (χ0v) is 22.6. The molecule has 2 aromatic carbocycles. The first-order valence-electron chi connectivity index (χ1n) is 13.0. The van der Waals surface area contributed by atoms with Crippen molar-refractivity contribution in [3.63, 3.8) is 0 Å². The molecule has 0 radical (unpaired) electrons. The molecule has 5 rings (SSSR count). The van der Waals surface area contributed by atoms with Crippen LogP contribution in [0.5, 0.6) is 11.5 Å². The van der Waals surface area contributed by atoms with Crippen LogP contribution < -0.4 is 9.47 Å². The van der Waals surface area contributed by atoms with Gasteiger partial charge in [-0.3, -0.25) is 4.98 Å². The minimum absolute atomic E-state index is 0.0326. The van der Waals surface area contributed by atoms with Crippen LogP contribution in [0.3, 0.4) is 0 Å². The number of alkyl halides is 3. The average molecular weight is 582 g/mol. The molecule has 1 fully saturated rings. The van der Waals surface area contributed by atoms with Crippen LogP contribution >= 0.6 is 0 Å². The molecular weight excluding hydrogens is 555 g/mol. The van der Waals surface area contributed by atoms with E-state index >= 15 is 0 Å². The molecule has 0 amide bonds. The summed E-state index contributed by atoms with van der Waals surface area (Å²) in [5.74, 6) is -0.135. The molecule has 2 aromatic heterocycles. The second-order valence-electron chi connectivity index (χ2n) is 9.80. The van der Waals surface area contributed by atoms with Crippen LogP contribution in [0.1, 0.15) is 64.1 Å². The molecule has 1 N–H and O–H groups in total. The number of aromatic carboxylic acids is 1. The van der Waals surface area contributed by atoms with Gasteiger partial charge in [0.1, 0.15) is 36.2 Å². The molecular formula is C30H26F3N3O6. The number of halogens is 3. The Hall–Kier alpha value is -4.87. The van der Waals surface area contributed by atoms with Gasteiger partial charge in [0.15, 0.2) is 0 Å². The van der Waals surface area contributed by atoms with Crippen LogP contribution in [-0.2, 0) is 18.1 Å². The van der Waals surface area contributed by atoms with Crippen molar-refractivity contribution in [2.75, 3.05) is 0 Å². The topological polar surface area (TPSA) is 116 Å². The van der Waals surface area contributed by atoms with Crippen molar-refractivity contribution in [3.8, 4) is 22.8 Å².